The van der Waals surface area contributed by atoms with Crippen LogP contribution in [0.15, 0.2) is 57.9 Å². The molecule has 0 fully saturated rings. The lowest BCUT2D eigenvalue weighted by Gasteiger charge is -2.07. The summed E-state index contributed by atoms with van der Waals surface area (Å²) >= 11 is 1.31. The number of Topliss-reactive ketones (excluding diaryl/α,β-unsaturated/α-hetero) is 1. The third-order valence-electron chi connectivity index (χ3n) is 3.72. The highest BCUT2D eigenvalue weighted by Gasteiger charge is 2.16. The van der Waals surface area contributed by atoms with E-state index in [0.717, 1.165) is 11.1 Å². The SMILES string of the molecule is CC(=O)CSc1ccccc1C(=O)OCc1nc(-c2ccccc2C)no1. The molecule has 0 aliphatic heterocycles. The maximum absolute atomic E-state index is 12.4. The largest absolute Gasteiger partial charge is 0.452 e. The standard InChI is InChI=1S/C20H18N2O4S/c1-13-7-3-4-8-15(13)19-21-18(26-22-19)11-25-20(24)16-9-5-6-10-17(16)27-12-14(2)23/h3-10H,11-12H2,1-2H3. The average Bonchev–Trinajstić information content (AvgIpc) is 3.14. The number of carbonyl (C=O) groups excluding carboxylic acids is 2. The fourth-order valence-corrected chi connectivity index (χ4v) is 3.23. The van der Waals surface area contributed by atoms with Crippen molar-refractivity contribution < 1.29 is 18.8 Å². The number of esters is 1. The molecule has 0 radical (unpaired) electrons. The number of aryl methyl sites for hydroxylation is 1. The van der Waals surface area contributed by atoms with Crippen LogP contribution in [0, 0.1) is 6.92 Å². The number of hydrogen-bond acceptors (Lipinski definition) is 7. The van der Waals surface area contributed by atoms with Gasteiger partial charge in [0.1, 0.15) is 5.78 Å². The minimum absolute atomic E-state index is 0.0396. The van der Waals surface area contributed by atoms with Crippen molar-refractivity contribution in [3.63, 3.8) is 0 Å². The summed E-state index contributed by atoms with van der Waals surface area (Å²) < 4.78 is 10.5. The number of ether oxygens (including phenoxy) is 1. The Morgan fingerprint density at radius 3 is 2.63 bits per heavy atom. The average molecular weight is 382 g/mol. The Morgan fingerprint density at radius 1 is 1.11 bits per heavy atom. The van der Waals surface area contributed by atoms with Crippen molar-refractivity contribution in [1.29, 1.82) is 0 Å². The molecule has 2 aromatic carbocycles. The van der Waals surface area contributed by atoms with Gasteiger partial charge in [0, 0.05) is 10.5 Å². The number of rotatable bonds is 7. The molecular weight excluding hydrogens is 364 g/mol. The minimum atomic E-state index is -0.503. The molecule has 27 heavy (non-hydrogen) atoms. The van der Waals surface area contributed by atoms with Gasteiger partial charge in [0.25, 0.3) is 5.89 Å². The van der Waals surface area contributed by atoms with Crippen LogP contribution < -0.4 is 0 Å². The molecule has 0 spiro atoms. The quantitative estimate of drug-likeness (QED) is 0.450. The zero-order chi connectivity index (χ0) is 19.2. The number of benzene rings is 2. The molecule has 6 nitrogen and oxygen atoms in total. The van der Waals surface area contributed by atoms with Crippen LogP contribution in [0.3, 0.4) is 0 Å². The fourth-order valence-electron chi connectivity index (χ4n) is 2.39. The van der Waals surface area contributed by atoms with Gasteiger partial charge in [-0.05, 0) is 31.5 Å². The van der Waals surface area contributed by atoms with E-state index in [1.165, 1.54) is 18.7 Å². The van der Waals surface area contributed by atoms with Crippen molar-refractivity contribution in [2.75, 3.05) is 5.75 Å². The third kappa shape index (κ3) is 4.83. The lowest BCUT2D eigenvalue weighted by molar-refractivity contribution is -0.114. The molecule has 0 atom stereocenters. The fraction of sp³-hybridized carbons (Fsp3) is 0.200. The summed E-state index contributed by atoms with van der Waals surface area (Å²) in [5, 5.41) is 3.95. The summed E-state index contributed by atoms with van der Waals surface area (Å²) in [5.41, 5.74) is 2.30. The van der Waals surface area contributed by atoms with Crippen LogP contribution >= 0.6 is 11.8 Å². The molecule has 3 aromatic rings. The van der Waals surface area contributed by atoms with Gasteiger partial charge >= 0.3 is 5.97 Å². The maximum atomic E-state index is 12.4. The summed E-state index contributed by atoms with van der Waals surface area (Å²) in [6.07, 6.45) is 0. The van der Waals surface area contributed by atoms with Crippen LogP contribution in [-0.4, -0.2) is 27.6 Å². The smallest absolute Gasteiger partial charge is 0.339 e. The summed E-state index contributed by atoms with van der Waals surface area (Å²) in [5.74, 6) is 0.510. The van der Waals surface area contributed by atoms with Crippen LogP contribution in [0.4, 0.5) is 0 Å². The number of hydrogen-bond donors (Lipinski definition) is 0. The maximum Gasteiger partial charge on any atom is 0.339 e. The number of aromatic nitrogens is 2. The van der Waals surface area contributed by atoms with E-state index in [9.17, 15) is 9.59 Å². The van der Waals surface area contributed by atoms with Crippen molar-refractivity contribution in [2.45, 2.75) is 25.3 Å². The molecule has 1 heterocycles. The second kappa shape index (κ2) is 8.64. The van der Waals surface area contributed by atoms with Crippen molar-refractivity contribution in [3.8, 4) is 11.4 Å². The highest BCUT2D eigenvalue weighted by atomic mass is 32.2. The van der Waals surface area contributed by atoms with E-state index < -0.39 is 5.97 Å². The lowest BCUT2D eigenvalue weighted by Crippen LogP contribution is -2.07. The summed E-state index contributed by atoms with van der Waals surface area (Å²) in [4.78, 5) is 28.6. The van der Waals surface area contributed by atoms with E-state index in [2.05, 4.69) is 10.1 Å². The first-order chi connectivity index (χ1) is 13.0. The van der Waals surface area contributed by atoms with E-state index in [4.69, 9.17) is 9.26 Å². The number of thioether (sulfide) groups is 1. The van der Waals surface area contributed by atoms with E-state index in [0.29, 0.717) is 22.0 Å². The molecule has 3 rings (SSSR count). The molecule has 7 heteroatoms. The summed E-state index contributed by atoms with van der Waals surface area (Å²) in [6, 6.07) is 14.7. The molecular formula is C20H18N2O4S. The Hall–Kier alpha value is -2.93. The highest BCUT2D eigenvalue weighted by molar-refractivity contribution is 8.00. The zero-order valence-corrected chi connectivity index (χ0v) is 15.8. The van der Waals surface area contributed by atoms with Crippen LogP contribution in [0.5, 0.6) is 0 Å². The van der Waals surface area contributed by atoms with Gasteiger partial charge in [0.15, 0.2) is 6.61 Å². The van der Waals surface area contributed by atoms with E-state index >= 15 is 0 Å². The zero-order valence-electron chi connectivity index (χ0n) is 15.0. The monoisotopic (exact) mass is 382 g/mol. The Morgan fingerprint density at radius 2 is 1.85 bits per heavy atom. The molecule has 0 unspecified atom stereocenters. The first kappa shape index (κ1) is 18.8. The molecule has 1 aromatic heterocycles. The first-order valence-corrected chi connectivity index (χ1v) is 9.30. The van der Waals surface area contributed by atoms with E-state index in [1.807, 2.05) is 37.3 Å². The van der Waals surface area contributed by atoms with Crippen LogP contribution in [-0.2, 0) is 16.1 Å². The van der Waals surface area contributed by atoms with Gasteiger partial charge in [-0.15, -0.1) is 11.8 Å². The molecule has 0 N–H and O–H groups in total. The van der Waals surface area contributed by atoms with Crippen molar-refractivity contribution >= 4 is 23.5 Å². The van der Waals surface area contributed by atoms with E-state index in [1.54, 1.807) is 18.2 Å². The Balaban J connectivity index is 1.67. The van der Waals surface area contributed by atoms with Crippen LogP contribution in [0.25, 0.3) is 11.4 Å². The lowest BCUT2D eigenvalue weighted by atomic mass is 10.1. The topological polar surface area (TPSA) is 82.3 Å². The molecule has 138 valence electrons. The number of nitrogens with zero attached hydrogens (tertiary/aromatic N) is 2. The van der Waals surface area contributed by atoms with Crippen LogP contribution in [0.2, 0.25) is 0 Å². The van der Waals surface area contributed by atoms with E-state index in [-0.39, 0.29) is 18.3 Å². The molecule has 0 saturated heterocycles. The summed E-state index contributed by atoms with van der Waals surface area (Å²) in [7, 11) is 0. The third-order valence-corrected chi connectivity index (χ3v) is 4.94. The second-order valence-electron chi connectivity index (χ2n) is 5.89. The Bertz CT molecular complexity index is 968. The van der Waals surface area contributed by atoms with Gasteiger partial charge in [0.05, 0.1) is 11.3 Å². The predicted molar refractivity (Wildman–Crippen MR) is 101 cm³/mol. The van der Waals surface area contributed by atoms with Crippen LogP contribution in [0.1, 0.15) is 28.7 Å². The summed E-state index contributed by atoms with van der Waals surface area (Å²) in [6.45, 7) is 3.35. The van der Waals surface area contributed by atoms with Gasteiger partial charge in [-0.2, -0.15) is 4.98 Å². The van der Waals surface area contributed by atoms with Gasteiger partial charge in [0.2, 0.25) is 5.82 Å². The van der Waals surface area contributed by atoms with Crippen molar-refractivity contribution in [2.24, 2.45) is 0 Å². The minimum Gasteiger partial charge on any atom is -0.452 e. The van der Waals surface area contributed by atoms with Gasteiger partial charge in [-0.25, -0.2) is 4.79 Å². The van der Waals surface area contributed by atoms with Crippen molar-refractivity contribution in [3.05, 3.63) is 65.5 Å². The Kier molecular flexibility index (Phi) is 6.03. The number of carbonyl (C=O) groups is 2. The second-order valence-corrected chi connectivity index (χ2v) is 6.91. The number of ketones is 1. The molecule has 0 amide bonds. The molecule has 0 bridgehead atoms. The van der Waals surface area contributed by atoms with Gasteiger partial charge in [-0.1, -0.05) is 41.6 Å². The van der Waals surface area contributed by atoms with Crippen molar-refractivity contribution in [1.82, 2.24) is 10.1 Å². The normalized spacial score (nSPS) is 10.6. The molecule has 0 aliphatic rings. The molecule has 0 saturated carbocycles. The highest BCUT2D eigenvalue weighted by Crippen LogP contribution is 2.24. The predicted octanol–water partition coefficient (Wildman–Crippen LogP) is 4.08. The molecule has 0 aliphatic carbocycles. The van der Waals surface area contributed by atoms with Gasteiger partial charge < -0.3 is 9.26 Å². The first-order valence-electron chi connectivity index (χ1n) is 8.31. The Labute approximate surface area is 160 Å². The van der Waals surface area contributed by atoms with Gasteiger partial charge in [-0.3, -0.25) is 4.79 Å².